The number of halogens is 1. The second-order valence-electron chi connectivity index (χ2n) is 5.52. The summed E-state index contributed by atoms with van der Waals surface area (Å²) >= 11 is 1.45. The maximum absolute atomic E-state index is 12.9. The van der Waals surface area contributed by atoms with E-state index in [0.29, 0.717) is 5.75 Å². The lowest BCUT2D eigenvalue weighted by molar-refractivity contribution is -0.116. The minimum atomic E-state index is -0.255. The van der Waals surface area contributed by atoms with E-state index in [9.17, 15) is 9.18 Å². The summed E-state index contributed by atoms with van der Waals surface area (Å²) in [6, 6.07) is 14.6. The smallest absolute Gasteiger partial charge is 0.237 e. The van der Waals surface area contributed by atoms with E-state index in [1.54, 1.807) is 12.1 Å². The molecule has 1 atom stereocenters. The summed E-state index contributed by atoms with van der Waals surface area (Å²) < 4.78 is 12.9. The van der Waals surface area contributed by atoms with Crippen LogP contribution in [0.25, 0.3) is 0 Å². The van der Waals surface area contributed by atoms with Crippen molar-refractivity contribution in [2.45, 2.75) is 30.7 Å². The Labute approximate surface area is 134 Å². The first-order chi connectivity index (χ1) is 10.6. The van der Waals surface area contributed by atoms with Crippen molar-refractivity contribution in [2.24, 2.45) is 0 Å². The summed E-state index contributed by atoms with van der Waals surface area (Å²) in [5.74, 6) is 0.216. The molecule has 3 rings (SSSR count). The third-order valence-electron chi connectivity index (χ3n) is 3.97. The van der Waals surface area contributed by atoms with Gasteiger partial charge in [-0.25, -0.2) is 4.39 Å². The number of carbonyl (C=O) groups is 1. The Morgan fingerprint density at radius 1 is 1.23 bits per heavy atom. The van der Waals surface area contributed by atoms with Crippen LogP contribution in [0, 0.1) is 5.82 Å². The van der Waals surface area contributed by atoms with Crippen LogP contribution in [-0.4, -0.2) is 17.7 Å². The number of amides is 1. The van der Waals surface area contributed by atoms with Crippen LogP contribution >= 0.6 is 11.8 Å². The van der Waals surface area contributed by atoms with E-state index in [1.165, 1.54) is 29.5 Å². The van der Waals surface area contributed by atoms with Crippen molar-refractivity contribution in [3.05, 3.63) is 59.9 Å². The van der Waals surface area contributed by atoms with Crippen LogP contribution in [0.3, 0.4) is 0 Å². The van der Waals surface area contributed by atoms with Crippen molar-refractivity contribution in [2.75, 3.05) is 10.7 Å². The number of benzene rings is 2. The van der Waals surface area contributed by atoms with E-state index in [-0.39, 0.29) is 17.8 Å². The topological polar surface area (TPSA) is 20.3 Å². The molecular weight excluding hydrogens is 297 g/mol. The van der Waals surface area contributed by atoms with Gasteiger partial charge in [-0.1, -0.05) is 18.2 Å². The molecule has 0 aromatic heterocycles. The van der Waals surface area contributed by atoms with Crippen molar-refractivity contribution in [1.82, 2.24) is 0 Å². The zero-order valence-electron chi connectivity index (χ0n) is 12.5. The molecule has 0 spiro atoms. The number of aryl methyl sites for hydroxylation is 1. The molecule has 1 amide bonds. The van der Waals surface area contributed by atoms with E-state index >= 15 is 0 Å². The number of carbonyl (C=O) groups excluding carboxylic acids is 1. The molecule has 1 aliphatic heterocycles. The molecule has 0 aliphatic carbocycles. The molecule has 1 aliphatic rings. The number of rotatable bonds is 3. The number of fused-ring (bicyclic) bond motifs is 1. The number of thioether (sulfide) groups is 1. The summed E-state index contributed by atoms with van der Waals surface area (Å²) in [6.45, 7) is 2.09. The molecule has 0 bridgehead atoms. The van der Waals surface area contributed by atoms with Crippen molar-refractivity contribution >= 4 is 23.4 Å². The first-order valence-electron chi connectivity index (χ1n) is 7.43. The van der Waals surface area contributed by atoms with Gasteiger partial charge in [0.05, 0.1) is 5.75 Å². The van der Waals surface area contributed by atoms with Crippen LogP contribution < -0.4 is 4.90 Å². The molecule has 0 saturated carbocycles. The van der Waals surface area contributed by atoms with Gasteiger partial charge in [-0.05, 0) is 55.7 Å². The third-order valence-corrected chi connectivity index (χ3v) is 4.96. The molecule has 2 aromatic rings. The standard InChI is InChI=1S/C18H18FNOS/c1-13-6-7-14-4-2-3-5-17(14)20(13)18(21)12-22-16-10-8-15(19)9-11-16/h2-5,8-11,13H,6-7,12H2,1H3. The number of hydrogen-bond donors (Lipinski definition) is 0. The molecule has 114 valence electrons. The molecule has 0 radical (unpaired) electrons. The third kappa shape index (κ3) is 3.17. The van der Waals surface area contributed by atoms with Crippen molar-refractivity contribution < 1.29 is 9.18 Å². The van der Waals surface area contributed by atoms with Crippen molar-refractivity contribution in [3.8, 4) is 0 Å². The largest absolute Gasteiger partial charge is 0.309 e. The Hall–Kier alpha value is -1.81. The summed E-state index contributed by atoms with van der Waals surface area (Å²) in [5.41, 5.74) is 2.27. The molecule has 0 N–H and O–H groups in total. The fraction of sp³-hybridized carbons (Fsp3) is 0.278. The molecule has 1 heterocycles. The number of anilines is 1. The normalized spacial score (nSPS) is 17.2. The summed E-state index contributed by atoms with van der Waals surface area (Å²) in [7, 11) is 0. The molecule has 0 fully saturated rings. The molecular formula is C18H18FNOS. The zero-order valence-corrected chi connectivity index (χ0v) is 13.3. The average Bonchev–Trinajstić information content (AvgIpc) is 2.54. The van der Waals surface area contributed by atoms with E-state index in [4.69, 9.17) is 0 Å². The van der Waals surface area contributed by atoms with Crippen LogP contribution in [0.4, 0.5) is 10.1 Å². The minimum absolute atomic E-state index is 0.106. The van der Waals surface area contributed by atoms with Crippen LogP contribution in [0.5, 0.6) is 0 Å². The predicted molar refractivity (Wildman–Crippen MR) is 88.8 cm³/mol. The molecule has 4 heteroatoms. The molecule has 1 unspecified atom stereocenters. The fourth-order valence-electron chi connectivity index (χ4n) is 2.81. The maximum atomic E-state index is 12.9. The Morgan fingerprint density at radius 2 is 1.95 bits per heavy atom. The van der Waals surface area contributed by atoms with Gasteiger partial charge in [-0.3, -0.25) is 4.79 Å². The lowest BCUT2D eigenvalue weighted by Crippen LogP contribution is -2.43. The highest BCUT2D eigenvalue weighted by Gasteiger charge is 2.27. The zero-order chi connectivity index (χ0) is 15.5. The lowest BCUT2D eigenvalue weighted by atomic mass is 9.97. The van der Waals surface area contributed by atoms with Crippen LogP contribution in [-0.2, 0) is 11.2 Å². The van der Waals surface area contributed by atoms with Gasteiger partial charge in [-0.15, -0.1) is 11.8 Å². The highest BCUT2D eigenvalue weighted by Crippen LogP contribution is 2.31. The Bertz CT molecular complexity index is 671. The second kappa shape index (κ2) is 6.53. The van der Waals surface area contributed by atoms with E-state index in [0.717, 1.165) is 23.4 Å². The van der Waals surface area contributed by atoms with E-state index in [2.05, 4.69) is 13.0 Å². The summed E-state index contributed by atoms with van der Waals surface area (Å²) in [4.78, 5) is 15.5. The predicted octanol–water partition coefficient (Wildman–Crippen LogP) is 4.29. The van der Waals surface area contributed by atoms with Gasteiger partial charge >= 0.3 is 0 Å². The quantitative estimate of drug-likeness (QED) is 0.788. The molecule has 22 heavy (non-hydrogen) atoms. The molecule has 2 aromatic carbocycles. The fourth-order valence-corrected chi connectivity index (χ4v) is 3.57. The summed E-state index contributed by atoms with van der Waals surface area (Å²) in [6.07, 6.45) is 2.01. The van der Waals surface area contributed by atoms with Crippen LogP contribution in [0.15, 0.2) is 53.4 Å². The molecule has 0 saturated heterocycles. The van der Waals surface area contributed by atoms with Crippen molar-refractivity contribution in [1.29, 1.82) is 0 Å². The highest BCUT2D eigenvalue weighted by atomic mass is 32.2. The number of hydrogen-bond acceptors (Lipinski definition) is 2. The van der Waals surface area contributed by atoms with Gasteiger partial charge < -0.3 is 4.90 Å². The minimum Gasteiger partial charge on any atom is -0.309 e. The van der Waals surface area contributed by atoms with Crippen LogP contribution in [0.1, 0.15) is 18.9 Å². The van der Waals surface area contributed by atoms with Gasteiger partial charge in [0.15, 0.2) is 0 Å². The average molecular weight is 315 g/mol. The van der Waals surface area contributed by atoms with E-state index < -0.39 is 0 Å². The molecule has 2 nitrogen and oxygen atoms in total. The first-order valence-corrected chi connectivity index (χ1v) is 8.42. The van der Waals surface area contributed by atoms with E-state index in [1.807, 2.05) is 23.1 Å². The Balaban J connectivity index is 1.73. The summed E-state index contributed by atoms with van der Waals surface area (Å²) in [5, 5.41) is 0. The second-order valence-corrected chi connectivity index (χ2v) is 6.57. The maximum Gasteiger partial charge on any atom is 0.237 e. The van der Waals surface area contributed by atoms with Gasteiger partial charge in [-0.2, -0.15) is 0 Å². The Morgan fingerprint density at radius 3 is 2.73 bits per heavy atom. The SMILES string of the molecule is CC1CCc2ccccc2N1C(=O)CSc1ccc(F)cc1. The van der Waals surface area contributed by atoms with Crippen molar-refractivity contribution in [3.63, 3.8) is 0 Å². The lowest BCUT2D eigenvalue weighted by Gasteiger charge is -2.35. The number of nitrogens with zero attached hydrogens (tertiary/aromatic N) is 1. The van der Waals surface area contributed by atoms with Gasteiger partial charge in [0.1, 0.15) is 5.82 Å². The first kappa shape index (κ1) is 15.1. The Kier molecular flexibility index (Phi) is 4.48. The van der Waals surface area contributed by atoms with Gasteiger partial charge in [0.2, 0.25) is 5.91 Å². The van der Waals surface area contributed by atoms with Crippen LogP contribution in [0.2, 0.25) is 0 Å². The van der Waals surface area contributed by atoms with Gasteiger partial charge in [0, 0.05) is 16.6 Å². The highest BCUT2D eigenvalue weighted by molar-refractivity contribution is 8.00. The monoisotopic (exact) mass is 315 g/mol. The van der Waals surface area contributed by atoms with Gasteiger partial charge in [0.25, 0.3) is 0 Å². The number of para-hydroxylation sites is 1.